The van der Waals surface area contributed by atoms with Crippen molar-refractivity contribution in [2.45, 2.75) is 25.7 Å². The number of aromatic nitrogens is 2. The van der Waals surface area contributed by atoms with Gasteiger partial charge in [-0.05, 0) is 26.0 Å². The molecule has 0 saturated carbocycles. The third-order valence-electron chi connectivity index (χ3n) is 4.36. The summed E-state index contributed by atoms with van der Waals surface area (Å²) in [5.74, 6) is -1.27. The van der Waals surface area contributed by atoms with E-state index >= 15 is 0 Å². The lowest BCUT2D eigenvalue weighted by molar-refractivity contribution is -0.141. The largest absolute Gasteiger partial charge is 0.461 e. The molecule has 4 N–H and O–H groups in total. The lowest BCUT2D eigenvalue weighted by atomic mass is 10.1. The Hall–Kier alpha value is -2.46. The van der Waals surface area contributed by atoms with Gasteiger partial charge in [-0.1, -0.05) is 23.7 Å². The molecule has 8 nitrogen and oxygen atoms in total. The van der Waals surface area contributed by atoms with Gasteiger partial charge in [0.1, 0.15) is 22.4 Å². The Morgan fingerprint density at radius 3 is 2.86 bits per heavy atom. The number of carbonyl (C=O) groups is 1. The Kier molecular flexibility index (Phi) is 5.07. The van der Waals surface area contributed by atoms with Gasteiger partial charge in [0.2, 0.25) is 0 Å². The van der Waals surface area contributed by atoms with Crippen molar-refractivity contribution in [2.75, 3.05) is 18.9 Å². The van der Waals surface area contributed by atoms with Gasteiger partial charge in [-0.3, -0.25) is 4.79 Å². The second-order valence-corrected chi connectivity index (χ2v) is 8.45. The molecule has 0 bridgehead atoms. The molecule has 1 aromatic carbocycles. The zero-order valence-electron chi connectivity index (χ0n) is 15.8. The standard InChI is InChI=1S/C19H19ClN4O4S/c1-19(2)27-8-11(28-19)7-26-18-23-14(9-4-3-5-10(20)6-9)12-13(21)15(16(22)25)29-17(12)24-18/h3-6,11H,7-8,21H2,1-2H3,(H2,22,25)/t11-/m0/s1. The smallest absolute Gasteiger partial charge is 0.318 e. The summed E-state index contributed by atoms with van der Waals surface area (Å²) in [7, 11) is 0. The number of halogens is 1. The summed E-state index contributed by atoms with van der Waals surface area (Å²) in [6.45, 7) is 4.31. The van der Waals surface area contributed by atoms with Crippen LogP contribution in [0, 0.1) is 0 Å². The fraction of sp³-hybridized carbons (Fsp3) is 0.316. The van der Waals surface area contributed by atoms with E-state index in [2.05, 4.69) is 9.97 Å². The average Bonchev–Trinajstić information content (AvgIpc) is 3.18. The molecule has 1 amide bonds. The third kappa shape index (κ3) is 3.99. The molecule has 0 aliphatic carbocycles. The molecule has 29 heavy (non-hydrogen) atoms. The molecule has 4 rings (SSSR count). The molecule has 3 aromatic rings. The molecule has 3 heterocycles. The number of anilines is 1. The first-order valence-electron chi connectivity index (χ1n) is 8.84. The molecule has 2 aromatic heterocycles. The maximum atomic E-state index is 11.8. The van der Waals surface area contributed by atoms with E-state index < -0.39 is 11.7 Å². The van der Waals surface area contributed by atoms with Crippen molar-refractivity contribution >= 4 is 44.7 Å². The summed E-state index contributed by atoms with van der Waals surface area (Å²) >= 11 is 7.24. The van der Waals surface area contributed by atoms with Crippen LogP contribution in [0.1, 0.15) is 23.5 Å². The highest BCUT2D eigenvalue weighted by Gasteiger charge is 2.33. The molecule has 10 heteroatoms. The van der Waals surface area contributed by atoms with Crippen molar-refractivity contribution in [1.29, 1.82) is 0 Å². The van der Waals surface area contributed by atoms with Crippen LogP contribution in [0.5, 0.6) is 6.01 Å². The minimum Gasteiger partial charge on any atom is -0.461 e. The normalized spacial score (nSPS) is 18.2. The van der Waals surface area contributed by atoms with Crippen LogP contribution in [0.25, 0.3) is 21.5 Å². The average molecular weight is 435 g/mol. The maximum Gasteiger partial charge on any atom is 0.318 e. The summed E-state index contributed by atoms with van der Waals surface area (Å²) in [5, 5.41) is 1.08. The van der Waals surface area contributed by atoms with E-state index in [4.69, 9.17) is 37.3 Å². The summed E-state index contributed by atoms with van der Waals surface area (Å²) in [4.78, 5) is 21.4. The van der Waals surface area contributed by atoms with Gasteiger partial charge in [-0.25, -0.2) is 0 Å². The Bertz CT molecular complexity index is 1100. The van der Waals surface area contributed by atoms with Gasteiger partial charge in [0.15, 0.2) is 5.79 Å². The van der Waals surface area contributed by atoms with Crippen molar-refractivity contribution in [3.05, 3.63) is 34.2 Å². The molecule has 1 aliphatic rings. The SMILES string of the molecule is CC1(C)OC[C@H](COc2nc(-c3cccc(Cl)c3)c3c(N)c(C(N)=O)sc3n2)O1. The van der Waals surface area contributed by atoms with Crippen molar-refractivity contribution in [3.63, 3.8) is 0 Å². The fourth-order valence-electron chi connectivity index (χ4n) is 3.11. The number of fused-ring (bicyclic) bond motifs is 1. The number of carbonyl (C=O) groups excluding carboxylic acids is 1. The summed E-state index contributed by atoms with van der Waals surface area (Å²) in [6.07, 6.45) is -0.242. The van der Waals surface area contributed by atoms with Crippen LogP contribution >= 0.6 is 22.9 Å². The van der Waals surface area contributed by atoms with Gasteiger partial charge in [0.05, 0.1) is 23.4 Å². The highest BCUT2D eigenvalue weighted by Crippen LogP contribution is 2.39. The molecule has 0 spiro atoms. The van der Waals surface area contributed by atoms with Crippen LogP contribution in [-0.4, -0.2) is 41.0 Å². The van der Waals surface area contributed by atoms with E-state index in [1.54, 1.807) is 18.2 Å². The van der Waals surface area contributed by atoms with Gasteiger partial charge in [0, 0.05) is 10.6 Å². The number of thiophene rings is 1. The van der Waals surface area contributed by atoms with E-state index in [0.29, 0.717) is 27.5 Å². The van der Waals surface area contributed by atoms with E-state index in [1.807, 2.05) is 19.9 Å². The molecular formula is C19H19ClN4O4S. The van der Waals surface area contributed by atoms with Crippen molar-refractivity contribution in [2.24, 2.45) is 5.73 Å². The minimum atomic E-state index is -0.649. The highest BCUT2D eigenvalue weighted by atomic mass is 35.5. The van der Waals surface area contributed by atoms with Crippen molar-refractivity contribution in [3.8, 4) is 17.3 Å². The second-order valence-electron chi connectivity index (χ2n) is 7.02. The lowest BCUT2D eigenvalue weighted by Gasteiger charge is -2.17. The monoisotopic (exact) mass is 434 g/mol. The number of benzene rings is 1. The summed E-state index contributed by atoms with van der Waals surface area (Å²) in [5.41, 5.74) is 13.1. The molecule has 152 valence electrons. The number of amides is 1. The Labute approximate surface area is 175 Å². The molecular weight excluding hydrogens is 416 g/mol. The lowest BCUT2D eigenvalue weighted by Crippen LogP contribution is -2.25. The number of nitrogen functional groups attached to an aromatic ring is 1. The zero-order valence-corrected chi connectivity index (χ0v) is 17.3. The third-order valence-corrected chi connectivity index (χ3v) is 5.70. The van der Waals surface area contributed by atoms with E-state index in [1.165, 1.54) is 0 Å². The Morgan fingerprint density at radius 2 is 2.21 bits per heavy atom. The van der Waals surface area contributed by atoms with E-state index in [-0.39, 0.29) is 29.3 Å². The number of rotatable bonds is 5. The van der Waals surface area contributed by atoms with Gasteiger partial charge < -0.3 is 25.7 Å². The Morgan fingerprint density at radius 1 is 1.41 bits per heavy atom. The number of hydrogen-bond donors (Lipinski definition) is 2. The highest BCUT2D eigenvalue weighted by molar-refractivity contribution is 7.21. The number of nitrogens with zero attached hydrogens (tertiary/aromatic N) is 2. The van der Waals surface area contributed by atoms with Crippen molar-refractivity contribution < 1.29 is 19.0 Å². The number of hydrogen-bond acceptors (Lipinski definition) is 8. The molecule has 1 saturated heterocycles. The van der Waals surface area contributed by atoms with Gasteiger partial charge in [0.25, 0.3) is 5.91 Å². The van der Waals surface area contributed by atoms with Crippen LogP contribution in [0.15, 0.2) is 24.3 Å². The fourth-order valence-corrected chi connectivity index (χ4v) is 4.24. The van der Waals surface area contributed by atoms with Gasteiger partial charge >= 0.3 is 6.01 Å². The summed E-state index contributed by atoms with van der Waals surface area (Å²) < 4.78 is 17.1. The van der Waals surface area contributed by atoms with Gasteiger partial charge in [-0.15, -0.1) is 11.3 Å². The quantitative estimate of drug-likeness (QED) is 0.631. The zero-order chi connectivity index (χ0) is 20.8. The van der Waals surface area contributed by atoms with Crippen LogP contribution < -0.4 is 16.2 Å². The Balaban J connectivity index is 1.75. The predicted molar refractivity (Wildman–Crippen MR) is 111 cm³/mol. The topological polar surface area (TPSA) is 123 Å². The number of nitrogens with two attached hydrogens (primary N) is 2. The van der Waals surface area contributed by atoms with Gasteiger partial charge in [-0.2, -0.15) is 9.97 Å². The molecule has 0 radical (unpaired) electrons. The van der Waals surface area contributed by atoms with Crippen LogP contribution in [0.3, 0.4) is 0 Å². The van der Waals surface area contributed by atoms with Crippen LogP contribution in [0.2, 0.25) is 5.02 Å². The minimum absolute atomic E-state index is 0.137. The van der Waals surface area contributed by atoms with Crippen molar-refractivity contribution in [1.82, 2.24) is 9.97 Å². The first-order valence-corrected chi connectivity index (χ1v) is 10.0. The van der Waals surface area contributed by atoms with Crippen LogP contribution in [0.4, 0.5) is 5.69 Å². The number of ether oxygens (including phenoxy) is 3. The first kappa shape index (κ1) is 19.8. The predicted octanol–water partition coefficient (Wildman–Crippen LogP) is 3.22. The molecule has 1 atom stereocenters. The number of primary amides is 1. The molecule has 1 fully saturated rings. The molecule has 1 aliphatic heterocycles. The molecule has 0 unspecified atom stereocenters. The second kappa shape index (κ2) is 7.42. The first-order chi connectivity index (χ1) is 13.7. The maximum absolute atomic E-state index is 11.8. The van der Waals surface area contributed by atoms with E-state index in [9.17, 15) is 4.79 Å². The van der Waals surface area contributed by atoms with E-state index in [0.717, 1.165) is 16.9 Å². The van der Waals surface area contributed by atoms with Crippen LogP contribution in [-0.2, 0) is 9.47 Å². The summed E-state index contributed by atoms with van der Waals surface area (Å²) in [6, 6.07) is 7.29.